The van der Waals surface area contributed by atoms with E-state index in [1.165, 1.54) is 6.42 Å². The Morgan fingerprint density at radius 3 is 2.70 bits per heavy atom. The van der Waals surface area contributed by atoms with Gasteiger partial charge in [0.1, 0.15) is 0 Å². The normalized spacial score (nSPS) is 31.6. The smallest absolute Gasteiger partial charge is 0.236 e. The monoisotopic (exact) mass is 279 g/mol. The summed E-state index contributed by atoms with van der Waals surface area (Å²) in [6.45, 7) is 3.33. The number of piperidine rings is 1. The van der Waals surface area contributed by atoms with Gasteiger partial charge < -0.3 is 10.2 Å². The zero-order valence-corrected chi connectivity index (χ0v) is 12.1. The van der Waals surface area contributed by atoms with Gasteiger partial charge in [0.25, 0.3) is 0 Å². The molecule has 0 saturated carbocycles. The van der Waals surface area contributed by atoms with Gasteiger partial charge in [0, 0.05) is 38.1 Å². The zero-order chi connectivity index (χ0) is 13.9. The standard InChI is InChI=1S/C15H25N3O2/c19-14-6-4-5-13-12(16-14)7-10-18(13)11-15(20)17-8-2-1-3-9-17/h12-13H,1-11H2,(H,16,19)/t12-,13-/m1/s1. The van der Waals surface area contributed by atoms with Gasteiger partial charge in [-0.05, 0) is 38.5 Å². The molecule has 2 amide bonds. The zero-order valence-electron chi connectivity index (χ0n) is 12.1. The summed E-state index contributed by atoms with van der Waals surface area (Å²) in [5.41, 5.74) is 0. The Kier molecular flexibility index (Phi) is 4.24. The summed E-state index contributed by atoms with van der Waals surface area (Å²) in [5.74, 6) is 0.461. The highest BCUT2D eigenvalue weighted by molar-refractivity contribution is 5.79. The molecule has 3 fully saturated rings. The third-order valence-corrected chi connectivity index (χ3v) is 4.96. The van der Waals surface area contributed by atoms with Crippen molar-refractivity contribution in [2.45, 2.75) is 57.0 Å². The lowest BCUT2D eigenvalue weighted by molar-refractivity contribution is -0.133. The summed E-state index contributed by atoms with van der Waals surface area (Å²) < 4.78 is 0. The van der Waals surface area contributed by atoms with Crippen LogP contribution in [-0.2, 0) is 9.59 Å². The molecular weight excluding hydrogens is 254 g/mol. The van der Waals surface area contributed by atoms with E-state index in [2.05, 4.69) is 10.2 Å². The van der Waals surface area contributed by atoms with E-state index in [1.807, 2.05) is 4.90 Å². The first kappa shape index (κ1) is 13.9. The van der Waals surface area contributed by atoms with Crippen LogP contribution in [-0.4, -0.2) is 59.9 Å². The van der Waals surface area contributed by atoms with Crippen molar-refractivity contribution in [3.8, 4) is 0 Å². The maximum absolute atomic E-state index is 12.4. The van der Waals surface area contributed by atoms with Crippen molar-refractivity contribution in [1.82, 2.24) is 15.1 Å². The maximum Gasteiger partial charge on any atom is 0.236 e. The second kappa shape index (κ2) is 6.12. The molecule has 3 aliphatic heterocycles. The first-order valence-corrected chi connectivity index (χ1v) is 8.05. The molecule has 1 N–H and O–H groups in total. The van der Waals surface area contributed by atoms with E-state index in [1.54, 1.807) is 0 Å². The van der Waals surface area contributed by atoms with Gasteiger partial charge in [0.15, 0.2) is 0 Å². The largest absolute Gasteiger partial charge is 0.352 e. The number of carbonyl (C=O) groups is 2. The van der Waals surface area contributed by atoms with Crippen molar-refractivity contribution in [1.29, 1.82) is 0 Å². The van der Waals surface area contributed by atoms with Crippen LogP contribution in [0.2, 0.25) is 0 Å². The molecule has 0 aromatic rings. The molecule has 0 aliphatic carbocycles. The molecule has 20 heavy (non-hydrogen) atoms. The summed E-state index contributed by atoms with van der Waals surface area (Å²) in [4.78, 5) is 28.3. The first-order valence-electron chi connectivity index (χ1n) is 8.05. The van der Waals surface area contributed by atoms with Crippen LogP contribution in [0.1, 0.15) is 44.9 Å². The number of nitrogens with one attached hydrogen (secondary N) is 1. The molecule has 0 spiro atoms. The average molecular weight is 279 g/mol. The quantitative estimate of drug-likeness (QED) is 0.811. The lowest BCUT2D eigenvalue weighted by Crippen LogP contribution is -2.47. The Labute approximate surface area is 120 Å². The minimum atomic E-state index is 0.182. The fraction of sp³-hybridized carbons (Fsp3) is 0.867. The lowest BCUT2D eigenvalue weighted by Gasteiger charge is -2.31. The van der Waals surface area contributed by atoms with Crippen LogP contribution in [0.3, 0.4) is 0 Å². The molecular formula is C15H25N3O2. The number of amides is 2. The molecule has 0 aromatic heterocycles. The molecule has 112 valence electrons. The average Bonchev–Trinajstić information content (AvgIpc) is 2.72. The Hall–Kier alpha value is -1.10. The molecule has 0 unspecified atom stereocenters. The lowest BCUT2D eigenvalue weighted by atomic mass is 10.1. The molecule has 0 aromatic carbocycles. The number of hydrogen-bond acceptors (Lipinski definition) is 3. The molecule has 5 heteroatoms. The number of fused-ring (bicyclic) bond motifs is 1. The van der Waals surface area contributed by atoms with Gasteiger partial charge in [-0.15, -0.1) is 0 Å². The molecule has 0 bridgehead atoms. The molecule has 2 atom stereocenters. The number of rotatable bonds is 2. The Balaban J connectivity index is 1.57. The summed E-state index contributed by atoms with van der Waals surface area (Å²) in [5, 5.41) is 3.12. The highest BCUT2D eigenvalue weighted by atomic mass is 16.2. The van der Waals surface area contributed by atoms with Crippen LogP contribution in [0, 0.1) is 0 Å². The van der Waals surface area contributed by atoms with E-state index in [4.69, 9.17) is 0 Å². The third-order valence-electron chi connectivity index (χ3n) is 4.96. The van der Waals surface area contributed by atoms with Gasteiger partial charge in [-0.2, -0.15) is 0 Å². The van der Waals surface area contributed by atoms with E-state index in [0.717, 1.165) is 51.7 Å². The topological polar surface area (TPSA) is 52.7 Å². The second-order valence-electron chi connectivity index (χ2n) is 6.33. The Morgan fingerprint density at radius 2 is 1.90 bits per heavy atom. The summed E-state index contributed by atoms with van der Waals surface area (Å²) >= 11 is 0. The van der Waals surface area contributed by atoms with Crippen LogP contribution in [0.25, 0.3) is 0 Å². The highest BCUT2D eigenvalue weighted by Gasteiger charge is 2.37. The van der Waals surface area contributed by atoms with Gasteiger partial charge in [-0.1, -0.05) is 0 Å². The van der Waals surface area contributed by atoms with E-state index in [-0.39, 0.29) is 17.9 Å². The molecule has 3 saturated heterocycles. The van der Waals surface area contributed by atoms with E-state index in [9.17, 15) is 9.59 Å². The Bertz CT molecular complexity index is 379. The fourth-order valence-electron chi connectivity index (χ4n) is 3.83. The molecule has 5 nitrogen and oxygen atoms in total. The van der Waals surface area contributed by atoms with Crippen LogP contribution in [0.15, 0.2) is 0 Å². The number of carbonyl (C=O) groups excluding carboxylic acids is 2. The van der Waals surface area contributed by atoms with Crippen molar-refractivity contribution >= 4 is 11.8 Å². The number of nitrogens with zero attached hydrogens (tertiary/aromatic N) is 2. The fourth-order valence-corrected chi connectivity index (χ4v) is 3.83. The molecule has 3 heterocycles. The summed E-state index contributed by atoms with van der Waals surface area (Å²) in [7, 11) is 0. The van der Waals surface area contributed by atoms with Crippen molar-refractivity contribution in [2.75, 3.05) is 26.2 Å². The molecule has 3 rings (SSSR count). The van der Waals surface area contributed by atoms with Crippen LogP contribution < -0.4 is 5.32 Å². The van der Waals surface area contributed by atoms with E-state index < -0.39 is 0 Å². The van der Waals surface area contributed by atoms with Gasteiger partial charge in [0.05, 0.1) is 6.54 Å². The molecule has 3 aliphatic rings. The SMILES string of the molecule is O=C1CCC[C@@H]2[C@@H](CCN2CC(=O)N2CCCCC2)N1. The maximum atomic E-state index is 12.4. The van der Waals surface area contributed by atoms with Crippen LogP contribution in [0.4, 0.5) is 0 Å². The number of hydrogen-bond donors (Lipinski definition) is 1. The van der Waals surface area contributed by atoms with Crippen molar-refractivity contribution < 1.29 is 9.59 Å². The second-order valence-corrected chi connectivity index (χ2v) is 6.33. The summed E-state index contributed by atoms with van der Waals surface area (Å²) in [6, 6.07) is 0.634. The van der Waals surface area contributed by atoms with Crippen molar-refractivity contribution in [3.05, 3.63) is 0 Å². The van der Waals surface area contributed by atoms with Crippen LogP contribution >= 0.6 is 0 Å². The molecule has 0 radical (unpaired) electrons. The first-order chi connectivity index (χ1) is 9.74. The Morgan fingerprint density at radius 1 is 1.10 bits per heavy atom. The van der Waals surface area contributed by atoms with Gasteiger partial charge in [-0.3, -0.25) is 14.5 Å². The minimum Gasteiger partial charge on any atom is -0.352 e. The minimum absolute atomic E-state index is 0.182. The predicted molar refractivity (Wildman–Crippen MR) is 76.2 cm³/mol. The summed E-state index contributed by atoms with van der Waals surface area (Å²) in [6.07, 6.45) is 7.16. The van der Waals surface area contributed by atoms with Crippen molar-refractivity contribution in [2.24, 2.45) is 0 Å². The van der Waals surface area contributed by atoms with E-state index >= 15 is 0 Å². The predicted octanol–water partition coefficient (Wildman–Crippen LogP) is 0.742. The van der Waals surface area contributed by atoms with Gasteiger partial charge in [0.2, 0.25) is 11.8 Å². The van der Waals surface area contributed by atoms with Gasteiger partial charge in [-0.25, -0.2) is 0 Å². The van der Waals surface area contributed by atoms with E-state index in [0.29, 0.717) is 19.0 Å². The van der Waals surface area contributed by atoms with Crippen molar-refractivity contribution in [3.63, 3.8) is 0 Å². The van der Waals surface area contributed by atoms with Gasteiger partial charge >= 0.3 is 0 Å². The third kappa shape index (κ3) is 2.97. The number of likely N-dealkylation sites (tertiary alicyclic amines) is 2. The van der Waals surface area contributed by atoms with Crippen LogP contribution in [0.5, 0.6) is 0 Å². The highest BCUT2D eigenvalue weighted by Crippen LogP contribution is 2.25.